The Morgan fingerprint density at radius 2 is 1.65 bits per heavy atom. The Balaban J connectivity index is 1.34. The van der Waals surface area contributed by atoms with Crippen molar-refractivity contribution >= 4 is 17.3 Å². The fourth-order valence-corrected chi connectivity index (χ4v) is 12.7. The fraction of sp³-hybridized carbons (Fsp3) is 0.714. The number of carbonyl (C=O) groups is 2. The molecule has 0 amide bonds. The van der Waals surface area contributed by atoms with Gasteiger partial charge in [-0.1, -0.05) is 72.2 Å². The molecule has 6 heteroatoms. The van der Waals surface area contributed by atoms with Crippen molar-refractivity contribution in [2.75, 3.05) is 33.7 Å². The number of allylic oxidation sites excluding steroid dienone is 3. The number of rotatable bonds is 9. The van der Waals surface area contributed by atoms with Crippen LogP contribution in [0.4, 0.5) is 0 Å². The molecule has 6 nitrogen and oxygen atoms in total. The van der Waals surface area contributed by atoms with Crippen molar-refractivity contribution in [3.63, 3.8) is 0 Å². The van der Waals surface area contributed by atoms with Crippen molar-refractivity contribution in [3.8, 4) is 0 Å². The molecule has 0 heterocycles. The summed E-state index contributed by atoms with van der Waals surface area (Å²) in [6, 6.07) is 7.50. The number of hydrogen-bond acceptors (Lipinski definition) is 5. The largest absolute Gasteiger partial charge is 0.478 e. The highest BCUT2D eigenvalue weighted by molar-refractivity contribution is 6.00. The second-order valence-corrected chi connectivity index (χ2v) is 18.3. The molecule has 0 saturated heterocycles. The Labute approximate surface area is 289 Å². The standard InChI is InChI=1S/C42H62N2O4/c1-26(2)35-31(45)24-42(34(46)25-43-22-23-44(8)9)21-20-40(6)30(36(35)42)14-15-33-39(5)18-16-29(27-10-12-28(13-11-27)37(47)48)38(3,4)32(39)17-19-41(33,40)7/h10-13,16,26,30,32-34,43,46H,14-15,17-25H2,1-9H3,(H,47,48)/t30-,32-,33-,34+,39+,40-,41-,42+/m1/s1. The summed E-state index contributed by atoms with van der Waals surface area (Å²) < 4.78 is 0. The van der Waals surface area contributed by atoms with E-state index in [1.807, 2.05) is 12.1 Å². The summed E-state index contributed by atoms with van der Waals surface area (Å²) in [6.07, 6.45) is 9.98. The van der Waals surface area contributed by atoms with Crippen molar-refractivity contribution < 1.29 is 19.8 Å². The number of carbonyl (C=O) groups excluding carboxylic acids is 1. The first-order valence-corrected chi connectivity index (χ1v) is 18.8. The van der Waals surface area contributed by atoms with Crippen LogP contribution in [0.1, 0.15) is 116 Å². The van der Waals surface area contributed by atoms with Gasteiger partial charge in [0.15, 0.2) is 5.78 Å². The lowest BCUT2D eigenvalue weighted by atomic mass is 9.33. The zero-order valence-corrected chi connectivity index (χ0v) is 31.2. The number of nitrogens with zero attached hydrogens (tertiary/aromatic N) is 1. The second-order valence-electron chi connectivity index (χ2n) is 18.3. The van der Waals surface area contributed by atoms with E-state index in [4.69, 9.17) is 0 Å². The maximum atomic E-state index is 13.9. The SMILES string of the molecule is CC(C)C1=C2[C@H]3CC[C@@H]4[C@@]5(C)CC=C(c6ccc(C(=O)O)cc6)C(C)(C)[C@H]5CC[C@@]4(C)[C@]3(C)CC[C@@]2([C@@H](O)CNCCN(C)C)CC1=O. The Morgan fingerprint density at radius 1 is 0.958 bits per heavy atom. The van der Waals surface area contributed by atoms with Gasteiger partial charge in [-0.3, -0.25) is 4.79 Å². The number of aliphatic hydroxyl groups excluding tert-OH is 1. The molecule has 3 N–H and O–H groups in total. The summed E-state index contributed by atoms with van der Waals surface area (Å²) in [5.74, 6) is 0.981. The molecule has 5 aliphatic carbocycles. The highest BCUT2D eigenvalue weighted by Gasteiger charge is 2.70. The summed E-state index contributed by atoms with van der Waals surface area (Å²) in [7, 11) is 4.14. The molecule has 0 spiro atoms. The van der Waals surface area contributed by atoms with Crippen LogP contribution < -0.4 is 5.32 Å². The summed E-state index contributed by atoms with van der Waals surface area (Å²) in [4.78, 5) is 27.6. The number of ketones is 1. The number of aromatic carboxylic acids is 1. The molecule has 3 fully saturated rings. The smallest absolute Gasteiger partial charge is 0.335 e. The van der Waals surface area contributed by atoms with E-state index in [9.17, 15) is 19.8 Å². The molecule has 1 aromatic rings. The molecule has 48 heavy (non-hydrogen) atoms. The highest BCUT2D eigenvalue weighted by atomic mass is 16.4. The molecular formula is C42H62N2O4. The first-order chi connectivity index (χ1) is 22.4. The summed E-state index contributed by atoms with van der Waals surface area (Å²) in [5.41, 5.74) is 5.09. The molecule has 0 bridgehead atoms. The van der Waals surface area contributed by atoms with E-state index in [1.165, 1.54) is 24.0 Å². The third kappa shape index (κ3) is 5.13. The number of carboxylic acid groups (broad SMARTS) is 1. The zero-order valence-electron chi connectivity index (χ0n) is 31.2. The zero-order chi connectivity index (χ0) is 35.0. The van der Waals surface area contributed by atoms with Gasteiger partial charge in [0.25, 0.3) is 0 Å². The minimum Gasteiger partial charge on any atom is -0.478 e. The lowest BCUT2D eigenvalue weighted by molar-refractivity contribution is -0.200. The van der Waals surface area contributed by atoms with Gasteiger partial charge in [-0.2, -0.15) is 0 Å². The number of aliphatic hydroxyl groups is 1. The van der Waals surface area contributed by atoms with Gasteiger partial charge in [0.1, 0.15) is 0 Å². The molecule has 8 atom stereocenters. The first kappa shape index (κ1) is 35.5. The second kappa shape index (κ2) is 12.2. The maximum absolute atomic E-state index is 13.9. The highest BCUT2D eigenvalue weighted by Crippen LogP contribution is 2.77. The van der Waals surface area contributed by atoms with Gasteiger partial charge < -0.3 is 20.4 Å². The van der Waals surface area contributed by atoms with Gasteiger partial charge in [-0.05, 0) is 133 Å². The van der Waals surface area contributed by atoms with Crippen LogP contribution in [0.3, 0.4) is 0 Å². The van der Waals surface area contributed by atoms with E-state index in [-0.39, 0.29) is 33.4 Å². The van der Waals surface area contributed by atoms with E-state index >= 15 is 0 Å². The van der Waals surface area contributed by atoms with E-state index in [2.05, 4.69) is 78.9 Å². The van der Waals surface area contributed by atoms with Crippen molar-refractivity contribution in [1.29, 1.82) is 0 Å². The van der Waals surface area contributed by atoms with Crippen LogP contribution in [0.5, 0.6) is 0 Å². The van der Waals surface area contributed by atoms with E-state index in [1.54, 1.807) is 12.1 Å². The summed E-state index contributed by atoms with van der Waals surface area (Å²) in [6.45, 7) is 19.3. The third-order valence-corrected chi connectivity index (χ3v) is 15.2. The van der Waals surface area contributed by atoms with Gasteiger partial charge in [-0.15, -0.1) is 0 Å². The average Bonchev–Trinajstić information content (AvgIpc) is 3.32. The van der Waals surface area contributed by atoms with Crippen LogP contribution in [0.15, 0.2) is 41.5 Å². The summed E-state index contributed by atoms with van der Waals surface area (Å²) in [5, 5.41) is 25.0. The lowest BCUT2D eigenvalue weighted by Crippen LogP contribution is -2.64. The molecule has 1 aromatic carbocycles. The van der Waals surface area contributed by atoms with Crippen LogP contribution in [0, 0.1) is 50.7 Å². The minimum atomic E-state index is -0.883. The van der Waals surface area contributed by atoms with Crippen molar-refractivity contribution in [2.45, 2.75) is 106 Å². The van der Waals surface area contributed by atoms with Crippen molar-refractivity contribution in [3.05, 3.63) is 52.6 Å². The molecular weight excluding hydrogens is 596 g/mol. The molecule has 0 aromatic heterocycles. The lowest BCUT2D eigenvalue weighted by Gasteiger charge is -2.71. The maximum Gasteiger partial charge on any atom is 0.335 e. The van der Waals surface area contributed by atoms with Crippen LogP contribution >= 0.6 is 0 Å². The monoisotopic (exact) mass is 658 g/mol. The van der Waals surface area contributed by atoms with Crippen molar-refractivity contribution in [2.24, 2.45) is 50.7 Å². The van der Waals surface area contributed by atoms with Crippen molar-refractivity contribution in [1.82, 2.24) is 10.2 Å². The number of carboxylic acids is 1. The molecule has 0 aliphatic heterocycles. The normalized spacial score (nSPS) is 37.9. The number of fused-ring (bicyclic) bond motifs is 7. The molecule has 3 saturated carbocycles. The van der Waals surface area contributed by atoms with Gasteiger partial charge in [0.2, 0.25) is 0 Å². The molecule has 0 radical (unpaired) electrons. The number of likely N-dealkylation sites (N-methyl/N-ethyl adjacent to an activating group) is 1. The fourth-order valence-electron chi connectivity index (χ4n) is 12.7. The van der Waals surface area contributed by atoms with Gasteiger partial charge in [0.05, 0.1) is 11.7 Å². The van der Waals surface area contributed by atoms with E-state index in [0.717, 1.165) is 56.3 Å². The minimum absolute atomic E-state index is 0.0343. The van der Waals surface area contributed by atoms with Crippen LogP contribution in [-0.4, -0.2) is 66.7 Å². The summed E-state index contributed by atoms with van der Waals surface area (Å²) >= 11 is 0. The van der Waals surface area contributed by atoms with Crippen LogP contribution in [0.25, 0.3) is 5.57 Å². The Hall–Kier alpha value is -2.28. The quantitative estimate of drug-likeness (QED) is 0.234. The Kier molecular flexibility index (Phi) is 9.03. The predicted molar refractivity (Wildman–Crippen MR) is 194 cm³/mol. The predicted octanol–water partition coefficient (Wildman–Crippen LogP) is 7.87. The number of Topliss-reactive ketones (excluding diaryl/α,β-unsaturated/α-hetero) is 1. The Bertz CT molecular complexity index is 1510. The van der Waals surface area contributed by atoms with Gasteiger partial charge in [-0.25, -0.2) is 4.79 Å². The van der Waals surface area contributed by atoms with Crippen LogP contribution in [0.2, 0.25) is 0 Å². The molecule has 264 valence electrons. The molecule has 5 aliphatic rings. The molecule has 0 unspecified atom stereocenters. The van der Waals surface area contributed by atoms with Gasteiger partial charge >= 0.3 is 5.97 Å². The Morgan fingerprint density at radius 3 is 2.27 bits per heavy atom. The van der Waals surface area contributed by atoms with E-state index in [0.29, 0.717) is 36.3 Å². The number of benzene rings is 1. The van der Waals surface area contributed by atoms with E-state index < -0.39 is 17.5 Å². The third-order valence-electron chi connectivity index (χ3n) is 15.2. The average molecular weight is 659 g/mol. The topological polar surface area (TPSA) is 89.9 Å². The molecule has 6 rings (SSSR count). The number of hydrogen-bond donors (Lipinski definition) is 3. The first-order valence-electron chi connectivity index (χ1n) is 18.8. The van der Waals surface area contributed by atoms with Gasteiger partial charge in [0, 0.05) is 31.5 Å². The number of nitrogens with one attached hydrogen (secondary N) is 1. The van der Waals surface area contributed by atoms with Crippen LogP contribution in [-0.2, 0) is 4.79 Å².